The second-order valence-electron chi connectivity index (χ2n) is 5.90. The summed E-state index contributed by atoms with van der Waals surface area (Å²) in [7, 11) is 0. The summed E-state index contributed by atoms with van der Waals surface area (Å²) < 4.78 is 6.17. The van der Waals surface area contributed by atoms with Gasteiger partial charge in [-0.3, -0.25) is 14.9 Å². The van der Waals surface area contributed by atoms with E-state index in [4.69, 9.17) is 17.0 Å². The molecule has 1 fully saturated rings. The Labute approximate surface area is 171 Å². The molecular weight excluding hydrogens is 430 g/mol. The highest BCUT2D eigenvalue weighted by Gasteiger charge is 2.18. The number of nitrogens with zero attached hydrogens (tertiary/aromatic N) is 1. The van der Waals surface area contributed by atoms with Crippen LogP contribution in [0.3, 0.4) is 0 Å². The third kappa shape index (κ3) is 5.35. The minimum absolute atomic E-state index is 0.0493. The second kappa shape index (κ2) is 9.07. The molecule has 2 amide bonds. The fourth-order valence-corrected chi connectivity index (χ4v) is 3.09. The maximum atomic E-state index is 12.6. The molecule has 27 heavy (non-hydrogen) atoms. The van der Waals surface area contributed by atoms with Gasteiger partial charge in [-0.25, -0.2) is 0 Å². The molecule has 2 aromatic carbocycles. The van der Waals surface area contributed by atoms with Crippen LogP contribution in [-0.2, 0) is 4.74 Å². The Morgan fingerprint density at radius 1 is 1.04 bits per heavy atom. The number of halogens is 1. The van der Waals surface area contributed by atoms with E-state index in [0.717, 1.165) is 4.47 Å². The zero-order valence-electron chi connectivity index (χ0n) is 14.4. The number of thiocarbonyl (C=S) groups is 1. The number of ether oxygens (including phenoxy) is 1. The Kier molecular flexibility index (Phi) is 6.54. The van der Waals surface area contributed by atoms with Gasteiger partial charge in [0.15, 0.2) is 5.11 Å². The van der Waals surface area contributed by atoms with Gasteiger partial charge in [0.05, 0.1) is 13.2 Å². The van der Waals surface area contributed by atoms with Gasteiger partial charge in [-0.15, -0.1) is 0 Å². The molecule has 0 atom stereocenters. The highest BCUT2D eigenvalue weighted by molar-refractivity contribution is 9.10. The number of carbonyl (C=O) groups excluding carboxylic acids is 2. The smallest absolute Gasteiger partial charge is 0.257 e. The molecule has 0 saturated carbocycles. The van der Waals surface area contributed by atoms with E-state index in [2.05, 4.69) is 26.6 Å². The van der Waals surface area contributed by atoms with Gasteiger partial charge in [0.2, 0.25) is 0 Å². The van der Waals surface area contributed by atoms with E-state index in [1.165, 1.54) is 0 Å². The van der Waals surface area contributed by atoms with E-state index in [9.17, 15) is 9.59 Å². The molecule has 0 aromatic heterocycles. The molecule has 8 heteroatoms. The summed E-state index contributed by atoms with van der Waals surface area (Å²) in [5.41, 5.74) is 1.69. The number of anilines is 1. The van der Waals surface area contributed by atoms with E-state index in [1.54, 1.807) is 53.4 Å². The van der Waals surface area contributed by atoms with E-state index in [0.29, 0.717) is 43.1 Å². The van der Waals surface area contributed by atoms with Crippen LogP contribution in [0.15, 0.2) is 53.0 Å². The highest BCUT2D eigenvalue weighted by Crippen LogP contribution is 2.14. The molecule has 1 heterocycles. The van der Waals surface area contributed by atoms with E-state index >= 15 is 0 Å². The van der Waals surface area contributed by atoms with Gasteiger partial charge in [0.1, 0.15) is 0 Å². The van der Waals surface area contributed by atoms with Crippen molar-refractivity contribution in [1.29, 1.82) is 0 Å². The van der Waals surface area contributed by atoms with Crippen LogP contribution in [0.4, 0.5) is 5.69 Å². The summed E-state index contributed by atoms with van der Waals surface area (Å²) in [6.07, 6.45) is 0. The molecule has 0 bridgehead atoms. The number of morpholine rings is 1. The lowest BCUT2D eigenvalue weighted by molar-refractivity contribution is 0.0303. The van der Waals surface area contributed by atoms with Crippen molar-refractivity contribution in [2.45, 2.75) is 0 Å². The third-order valence-electron chi connectivity index (χ3n) is 4.00. The molecule has 2 N–H and O–H groups in total. The first kappa shape index (κ1) is 19.5. The lowest BCUT2D eigenvalue weighted by atomic mass is 10.1. The molecule has 1 aliphatic heterocycles. The third-order valence-corrected chi connectivity index (χ3v) is 4.73. The maximum Gasteiger partial charge on any atom is 0.257 e. The van der Waals surface area contributed by atoms with E-state index in [1.807, 2.05) is 0 Å². The molecule has 0 aliphatic carbocycles. The van der Waals surface area contributed by atoms with E-state index in [-0.39, 0.29) is 16.9 Å². The summed E-state index contributed by atoms with van der Waals surface area (Å²) in [6, 6.07) is 14.0. The van der Waals surface area contributed by atoms with Crippen molar-refractivity contribution in [3.63, 3.8) is 0 Å². The van der Waals surface area contributed by atoms with Crippen molar-refractivity contribution in [3.8, 4) is 0 Å². The van der Waals surface area contributed by atoms with Crippen molar-refractivity contribution in [1.82, 2.24) is 10.2 Å². The second-order valence-corrected chi connectivity index (χ2v) is 7.22. The summed E-state index contributed by atoms with van der Waals surface area (Å²) in [4.78, 5) is 26.5. The van der Waals surface area contributed by atoms with Crippen LogP contribution in [0.5, 0.6) is 0 Å². The van der Waals surface area contributed by atoms with Crippen LogP contribution in [0, 0.1) is 0 Å². The van der Waals surface area contributed by atoms with Crippen molar-refractivity contribution in [2.24, 2.45) is 0 Å². The van der Waals surface area contributed by atoms with Crippen molar-refractivity contribution in [2.75, 3.05) is 31.6 Å². The first-order valence-electron chi connectivity index (χ1n) is 8.38. The SMILES string of the molecule is O=C(NC(=S)Nc1cccc(C(=O)N2CCOCC2)c1)c1ccc(Br)cc1. The Morgan fingerprint density at radius 2 is 1.74 bits per heavy atom. The number of carbonyl (C=O) groups is 2. The van der Waals surface area contributed by atoms with Crippen LogP contribution in [-0.4, -0.2) is 48.1 Å². The van der Waals surface area contributed by atoms with Gasteiger partial charge in [0, 0.05) is 34.4 Å². The molecule has 1 saturated heterocycles. The Morgan fingerprint density at radius 3 is 2.44 bits per heavy atom. The first-order chi connectivity index (χ1) is 13.0. The zero-order valence-corrected chi connectivity index (χ0v) is 16.8. The predicted molar refractivity (Wildman–Crippen MR) is 111 cm³/mol. The number of nitrogens with one attached hydrogen (secondary N) is 2. The van der Waals surface area contributed by atoms with Gasteiger partial charge in [0.25, 0.3) is 11.8 Å². The normalized spacial score (nSPS) is 13.7. The lowest BCUT2D eigenvalue weighted by Crippen LogP contribution is -2.40. The summed E-state index contributed by atoms with van der Waals surface area (Å²) in [6.45, 7) is 2.27. The molecule has 0 radical (unpaired) electrons. The van der Waals surface area contributed by atoms with Crippen LogP contribution >= 0.6 is 28.1 Å². The molecular formula is C19H18BrN3O3S. The maximum absolute atomic E-state index is 12.6. The minimum atomic E-state index is -0.305. The molecule has 0 spiro atoms. The summed E-state index contributed by atoms with van der Waals surface area (Å²) in [5.74, 6) is -0.354. The molecule has 6 nitrogen and oxygen atoms in total. The van der Waals surface area contributed by atoms with Gasteiger partial charge in [-0.05, 0) is 54.7 Å². The minimum Gasteiger partial charge on any atom is -0.378 e. The van der Waals surface area contributed by atoms with Crippen LogP contribution in [0.1, 0.15) is 20.7 Å². The monoisotopic (exact) mass is 447 g/mol. The Hall–Kier alpha value is -2.29. The topological polar surface area (TPSA) is 70.7 Å². The largest absolute Gasteiger partial charge is 0.378 e. The number of hydrogen-bond donors (Lipinski definition) is 2. The average molecular weight is 448 g/mol. The average Bonchev–Trinajstić information content (AvgIpc) is 2.68. The molecule has 2 aromatic rings. The van der Waals surface area contributed by atoms with E-state index < -0.39 is 0 Å². The standard InChI is InChI=1S/C19H18BrN3O3S/c20-15-6-4-13(5-7-15)17(24)22-19(27)21-16-3-1-2-14(12-16)18(25)23-8-10-26-11-9-23/h1-7,12H,8-11H2,(H2,21,22,24,27). The van der Waals surface area contributed by atoms with Crippen LogP contribution in [0.2, 0.25) is 0 Å². The Bertz CT molecular complexity index is 852. The van der Waals surface area contributed by atoms with Gasteiger partial charge in [-0.1, -0.05) is 22.0 Å². The first-order valence-corrected chi connectivity index (χ1v) is 9.58. The lowest BCUT2D eigenvalue weighted by Gasteiger charge is -2.27. The Balaban J connectivity index is 1.61. The van der Waals surface area contributed by atoms with Gasteiger partial charge in [-0.2, -0.15) is 0 Å². The molecule has 1 aliphatic rings. The number of benzene rings is 2. The fraction of sp³-hybridized carbons (Fsp3) is 0.211. The van der Waals surface area contributed by atoms with Crippen molar-refractivity contribution in [3.05, 3.63) is 64.1 Å². The molecule has 3 rings (SSSR count). The predicted octanol–water partition coefficient (Wildman–Crippen LogP) is 3.05. The number of rotatable bonds is 3. The van der Waals surface area contributed by atoms with Crippen molar-refractivity contribution < 1.29 is 14.3 Å². The molecule has 140 valence electrons. The quantitative estimate of drug-likeness (QED) is 0.707. The molecule has 0 unspecified atom stereocenters. The van der Waals surface area contributed by atoms with Crippen molar-refractivity contribution >= 4 is 50.8 Å². The van der Waals surface area contributed by atoms with Crippen LogP contribution in [0.25, 0.3) is 0 Å². The van der Waals surface area contributed by atoms with Crippen LogP contribution < -0.4 is 10.6 Å². The fourth-order valence-electron chi connectivity index (χ4n) is 2.62. The summed E-state index contributed by atoms with van der Waals surface area (Å²) >= 11 is 8.54. The number of hydrogen-bond acceptors (Lipinski definition) is 4. The van der Waals surface area contributed by atoms with Gasteiger partial charge < -0.3 is 15.0 Å². The summed E-state index contributed by atoms with van der Waals surface area (Å²) in [5, 5.41) is 5.74. The van der Waals surface area contributed by atoms with Gasteiger partial charge >= 0.3 is 0 Å². The number of amides is 2. The highest BCUT2D eigenvalue weighted by atomic mass is 79.9. The zero-order chi connectivity index (χ0) is 19.2.